The Morgan fingerprint density at radius 1 is 1.11 bits per heavy atom. The van der Waals surface area contributed by atoms with Gasteiger partial charge in [0.05, 0.1) is 23.1 Å². The van der Waals surface area contributed by atoms with Crippen molar-refractivity contribution in [3.63, 3.8) is 0 Å². The van der Waals surface area contributed by atoms with Gasteiger partial charge in [0, 0.05) is 25.6 Å². The molecule has 0 bridgehead atoms. The van der Waals surface area contributed by atoms with E-state index >= 15 is 0 Å². The molecule has 0 atom stereocenters. The molecule has 0 unspecified atom stereocenters. The van der Waals surface area contributed by atoms with Crippen LogP contribution in [-0.4, -0.2) is 46.8 Å². The molecule has 1 spiro atoms. The number of carbonyl (C=O) groups excluding carboxylic acids is 1. The van der Waals surface area contributed by atoms with Crippen molar-refractivity contribution in [2.45, 2.75) is 38.0 Å². The zero-order chi connectivity index (χ0) is 17.6. The van der Waals surface area contributed by atoms with Gasteiger partial charge in [-0.05, 0) is 56.2 Å². The van der Waals surface area contributed by atoms with Crippen molar-refractivity contribution in [3.05, 3.63) is 47.8 Å². The minimum absolute atomic E-state index is 0. The number of piperidine rings is 1. The predicted molar refractivity (Wildman–Crippen MR) is 108 cm³/mol. The van der Waals surface area contributed by atoms with Gasteiger partial charge in [-0.1, -0.05) is 18.2 Å². The van der Waals surface area contributed by atoms with Gasteiger partial charge in [0.1, 0.15) is 0 Å². The highest BCUT2D eigenvalue weighted by molar-refractivity contribution is 5.95. The van der Waals surface area contributed by atoms with Crippen molar-refractivity contribution in [3.8, 4) is 5.69 Å². The normalized spacial score (nSPS) is 21.3. The van der Waals surface area contributed by atoms with E-state index in [-0.39, 0.29) is 18.3 Å². The fourth-order valence-electron chi connectivity index (χ4n) is 4.62. The second-order valence-corrected chi connectivity index (χ2v) is 8.18. The lowest BCUT2D eigenvalue weighted by atomic mass is 9.78. The number of hydrogen-bond donors (Lipinski definition) is 1. The molecule has 5 nitrogen and oxygen atoms in total. The van der Waals surface area contributed by atoms with Crippen LogP contribution in [0, 0.1) is 5.41 Å². The third kappa shape index (κ3) is 3.39. The quantitative estimate of drug-likeness (QED) is 0.879. The number of halogens is 1. The molecule has 3 fully saturated rings. The Morgan fingerprint density at radius 3 is 2.48 bits per heavy atom. The van der Waals surface area contributed by atoms with Crippen molar-refractivity contribution in [1.29, 1.82) is 0 Å². The molecular weight excluding hydrogens is 360 g/mol. The Balaban J connectivity index is 0.00000180. The lowest BCUT2D eigenvalue weighted by Crippen LogP contribution is -2.44. The van der Waals surface area contributed by atoms with E-state index in [1.54, 1.807) is 6.20 Å². The summed E-state index contributed by atoms with van der Waals surface area (Å²) in [5.41, 5.74) is 3.41. The van der Waals surface area contributed by atoms with E-state index in [2.05, 4.69) is 27.4 Å². The van der Waals surface area contributed by atoms with Crippen molar-refractivity contribution < 1.29 is 4.79 Å². The first-order valence-corrected chi connectivity index (χ1v) is 9.89. The summed E-state index contributed by atoms with van der Waals surface area (Å²) in [6.07, 6.45) is 7.62. The number of carbonyl (C=O) groups is 1. The Labute approximate surface area is 166 Å². The number of hydrogen-bond acceptors (Lipinski definition) is 3. The summed E-state index contributed by atoms with van der Waals surface area (Å²) in [4.78, 5) is 15.3. The highest BCUT2D eigenvalue weighted by Gasteiger charge is 2.40. The van der Waals surface area contributed by atoms with Gasteiger partial charge in [0.25, 0.3) is 5.91 Å². The summed E-state index contributed by atoms with van der Waals surface area (Å²) in [7, 11) is 0. The van der Waals surface area contributed by atoms with E-state index in [0.29, 0.717) is 11.3 Å². The van der Waals surface area contributed by atoms with Crippen LogP contribution in [0.1, 0.15) is 54.1 Å². The third-order valence-electron chi connectivity index (χ3n) is 6.45. The van der Waals surface area contributed by atoms with Crippen LogP contribution in [0.2, 0.25) is 0 Å². The number of likely N-dealkylation sites (tertiary alicyclic amines) is 1. The van der Waals surface area contributed by atoms with Crippen LogP contribution in [-0.2, 0) is 0 Å². The van der Waals surface area contributed by atoms with E-state index in [1.165, 1.54) is 6.42 Å². The van der Waals surface area contributed by atoms with Crippen LogP contribution < -0.4 is 5.32 Å². The summed E-state index contributed by atoms with van der Waals surface area (Å²) < 4.78 is 1.98. The first kappa shape index (κ1) is 18.5. The van der Waals surface area contributed by atoms with Crippen molar-refractivity contribution >= 4 is 18.3 Å². The zero-order valence-electron chi connectivity index (χ0n) is 15.6. The molecule has 2 aromatic rings. The van der Waals surface area contributed by atoms with Crippen molar-refractivity contribution in [1.82, 2.24) is 20.0 Å². The molecule has 27 heavy (non-hydrogen) atoms. The first-order chi connectivity index (χ1) is 12.8. The van der Waals surface area contributed by atoms with Gasteiger partial charge in [0.2, 0.25) is 0 Å². The number of para-hydroxylation sites is 1. The number of aromatic nitrogens is 2. The molecule has 3 aliphatic rings. The van der Waals surface area contributed by atoms with Gasteiger partial charge >= 0.3 is 0 Å². The molecule has 1 amide bonds. The fraction of sp³-hybridized carbons (Fsp3) is 0.524. The van der Waals surface area contributed by atoms with Crippen LogP contribution in [0.3, 0.4) is 0 Å². The molecule has 6 heteroatoms. The van der Waals surface area contributed by atoms with Gasteiger partial charge in [-0.2, -0.15) is 5.10 Å². The van der Waals surface area contributed by atoms with Gasteiger partial charge < -0.3 is 10.2 Å². The summed E-state index contributed by atoms with van der Waals surface area (Å²) in [6.45, 7) is 4.00. The van der Waals surface area contributed by atoms with E-state index in [9.17, 15) is 4.79 Å². The maximum absolute atomic E-state index is 13.3. The Bertz CT molecular complexity index is 799. The Kier molecular flexibility index (Phi) is 4.99. The molecular formula is C21H27ClN4O. The highest BCUT2D eigenvalue weighted by atomic mass is 35.5. The topological polar surface area (TPSA) is 50.2 Å². The molecule has 0 radical (unpaired) electrons. The molecule has 1 aromatic heterocycles. The maximum atomic E-state index is 13.3. The van der Waals surface area contributed by atoms with E-state index in [0.717, 1.165) is 68.8 Å². The SMILES string of the molecule is Cl.O=C(c1cnn(-c2ccccc2)c1C1CC1)N1CCC2(CCNC2)CC1. The first-order valence-electron chi connectivity index (χ1n) is 9.89. The molecule has 1 aliphatic carbocycles. The van der Waals surface area contributed by atoms with Crippen molar-refractivity contribution in [2.75, 3.05) is 26.2 Å². The molecule has 1 N–H and O–H groups in total. The second-order valence-electron chi connectivity index (χ2n) is 8.18. The Morgan fingerprint density at radius 2 is 1.85 bits per heavy atom. The zero-order valence-corrected chi connectivity index (χ0v) is 16.4. The van der Waals surface area contributed by atoms with Gasteiger partial charge in [-0.25, -0.2) is 4.68 Å². The predicted octanol–water partition coefficient (Wildman–Crippen LogP) is 3.39. The molecule has 1 saturated carbocycles. The largest absolute Gasteiger partial charge is 0.338 e. The summed E-state index contributed by atoms with van der Waals surface area (Å²) in [5, 5.41) is 8.09. The lowest BCUT2D eigenvalue weighted by molar-refractivity contribution is 0.0606. The van der Waals surface area contributed by atoms with Gasteiger partial charge in [-0.3, -0.25) is 4.79 Å². The van der Waals surface area contributed by atoms with Crippen LogP contribution in [0.4, 0.5) is 0 Å². The maximum Gasteiger partial charge on any atom is 0.257 e. The van der Waals surface area contributed by atoms with Gasteiger partial charge in [-0.15, -0.1) is 12.4 Å². The van der Waals surface area contributed by atoms with Crippen LogP contribution in [0.25, 0.3) is 5.69 Å². The average Bonchev–Trinajstić information content (AvgIpc) is 3.27. The monoisotopic (exact) mass is 386 g/mol. The average molecular weight is 387 g/mol. The van der Waals surface area contributed by atoms with Crippen molar-refractivity contribution in [2.24, 2.45) is 5.41 Å². The molecule has 5 rings (SSSR count). The number of nitrogens with one attached hydrogen (secondary N) is 1. The van der Waals surface area contributed by atoms with E-state index in [4.69, 9.17) is 0 Å². The number of rotatable bonds is 3. The standard InChI is InChI=1S/C21H26N4O.ClH/c26-20(24-12-9-21(10-13-24)8-11-22-15-21)18-14-23-25(19(18)16-6-7-16)17-4-2-1-3-5-17;/h1-5,14,16,22H,6-13,15H2;1H. The molecule has 2 aliphatic heterocycles. The molecule has 1 aromatic carbocycles. The van der Waals surface area contributed by atoms with E-state index < -0.39 is 0 Å². The highest BCUT2D eigenvalue weighted by Crippen LogP contribution is 2.43. The van der Waals surface area contributed by atoms with E-state index in [1.807, 2.05) is 22.9 Å². The van der Waals surface area contributed by atoms with Crippen LogP contribution in [0.15, 0.2) is 36.5 Å². The minimum atomic E-state index is 0. The second kappa shape index (κ2) is 7.28. The number of benzene rings is 1. The molecule has 3 heterocycles. The lowest BCUT2D eigenvalue weighted by Gasteiger charge is -2.38. The summed E-state index contributed by atoms with van der Waals surface area (Å²) >= 11 is 0. The summed E-state index contributed by atoms with van der Waals surface area (Å²) in [6, 6.07) is 10.2. The molecule has 2 saturated heterocycles. The minimum Gasteiger partial charge on any atom is -0.338 e. The van der Waals surface area contributed by atoms with Gasteiger partial charge in [0.15, 0.2) is 0 Å². The number of amides is 1. The van der Waals surface area contributed by atoms with Crippen LogP contribution >= 0.6 is 12.4 Å². The fourth-order valence-corrected chi connectivity index (χ4v) is 4.62. The Hall–Kier alpha value is -1.85. The smallest absolute Gasteiger partial charge is 0.257 e. The molecule has 144 valence electrons. The van der Waals surface area contributed by atoms with Crippen LogP contribution in [0.5, 0.6) is 0 Å². The number of nitrogens with zero attached hydrogens (tertiary/aromatic N) is 3. The third-order valence-corrected chi connectivity index (χ3v) is 6.45. The summed E-state index contributed by atoms with van der Waals surface area (Å²) in [5.74, 6) is 0.654.